The highest BCUT2D eigenvalue weighted by Gasteiger charge is 2.37. The summed E-state index contributed by atoms with van der Waals surface area (Å²) in [5.74, 6) is -1.51. The average molecular weight is 437 g/mol. The molecular weight excluding hydrogens is 428 g/mol. The molecule has 3 rings (SSSR count). The Bertz CT molecular complexity index is 1110. The molecule has 1 aromatic heterocycles. The van der Waals surface area contributed by atoms with Crippen molar-refractivity contribution in [2.24, 2.45) is 5.14 Å². The van der Waals surface area contributed by atoms with E-state index in [1.807, 2.05) is 0 Å². The van der Waals surface area contributed by atoms with Crippen molar-refractivity contribution in [1.29, 1.82) is 0 Å². The van der Waals surface area contributed by atoms with E-state index in [2.05, 4.69) is 10.1 Å². The molecule has 0 saturated heterocycles. The fourth-order valence-corrected chi connectivity index (χ4v) is 3.02. The second-order valence-electron chi connectivity index (χ2n) is 5.34. The van der Waals surface area contributed by atoms with E-state index in [-0.39, 0.29) is 32.0 Å². The van der Waals surface area contributed by atoms with Gasteiger partial charge in [-0.05, 0) is 42.5 Å². The molecule has 2 aromatic carbocycles. The topological polar surface area (TPSA) is 90.9 Å². The van der Waals surface area contributed by atoms with Crippen LogP contribution in [0.25, 0.3) is 17.1 Å². The summed E-state index contributed by atoms with van der Waals surface area (Å²) in [5.41, 5.74) is 0.384. The number of nitrogens with zero attached hydrogens (tertiary/aromatic N) is 3. The third-order valence-corrected chi connectivity index (χ3v) is 5.12. The molecule has 142 valence electrons. The third-order valence-electron chi connectivity index (χ3n) is 3.45. The van der Waals surface area contributed by atoms with Gasteiger partial charge in [-0.2, -0.15) is 13.2 Å². The number of hydrogen-bond acceptors (Lipinski definition) is 4. The molecule has 0 aliphatic heterocycles. The van der Waals surface area contributed by atoms with Crippen molar-refractivity contribution in [2.45, 2.75) is 11.1 Å². The van der Waals surface area contributed by atoms with Gasteiger partial charge in [0.1, 0.15) is 0 Å². The summed E-state index contributed by atoms with van der Waals surface area (Å²) in [7, 11) is -3.95. The molecule has 0 fully saturated rings. The van der Waals surface area contributed by atoms with E-state index in [9.17, 15) is 21.6 Å². The molecule has 12 heteroatoms. The zero-order valence-electron chi connectivity index (χ0n) is 13.1. The summed E-state index contributed by atoms with van der Waals surface area (Å²) >= 11 is 11.8. The highest BCUT2D eigenvalue weighted by molar-refractivity contribution is 7.89. The maximum atomic E-state index is 13.1. The minimum Gasteiger partial charge on any atom is -0.225 e. The Morgan fingerprint density at radius 3 is 2.15 bits per heavy atom. The number of rotatable bonds is 3. The fourth-order valence-electron chi connectivity index (χ4n) is 2.21. The van der Waals surface area contributed by atoms with Crippen molar-refractivity contribution in [3.63, 3.8) is 0 Å². The fraction of sp³-hybridized carbons (Fsp3) is 0.0667. The van der Waals surface area contributed by atoms with Crippen LogP contribution in [-0.4, -0.2) is 23.2 Å². The zero-order chi connectivity index (χ0) is 20.0. The van der Waals surface area contributed by atoms with Crippen molar-refractivity contribution in [3.05, 3.63) is 58.3 Å². The first-order valence-corrected chi connectivity index (χ1v) is 9.40. The van der Waals surface area contributed by atoms with Crippen molar-refractivity contribution in [2.75, 3.05) is 0 Å². The summed E-state index contributed by atoms with van der Waals surface area (Å²) in [5, 5.41) is 8.86. The van der Waals surface area contributed by atoms with E-state index in [1.165, 1.54) is 30.3 Å². The molecule has 6 nitrogen and oxygen atoms in total. The first-order chi connectivity index (χ1) is 12.5. The van der Waals surface area contributed by atoms with E-state index < -0.39 is 22.0 Å². The van der Waals surface area contributed by atoms with E-state index >= 15 is 0 Å². The Balaban J connectivity index is 2.19. The van der Waals surface area contributed by atoms with Crippen LogP contribution in [0.1, 0.15) is 5.82 Å². The molecule has 2 N–H and O–H groups in total. The standard InChI is InChI=1S/C15H9Cl2F3N4O2S/c16-11-6-1-8(7-12(11)17)13-22-14(15(18,19)20)23-24(13)9-2-4-10(5-3-9)27(21,25)26/h1-7H,(H2,21,25,26). The quantitative estimate of drug-likeness (QED) is 0.673. The summed E-state index contributed by atoms with van der Waals surface area (Å²) in [6, 6.07) is 9.02. The second-order valence-corrected chi connectivity index (χ2v) is 7.71. The lowest BCUT2D eigenvalue weighted by Crippen LogP contribution is -2.12. The van der Waals surface area contributed by atoms with Gasteiger partial charge in [0.05, 0.1) is 20.6 Å². The van der Waals surface area contributed by atoms with Crippen molar-refractivity contribution in [1.82, 2.24) is 14.8 Å². The maximum Gasteiger partial charge on any atom is 0.453 e. The van der Waals surface area contributed by atoms with Gasteiger partial charge in [-0.15, -0.1) is 5.10 Å². The lowest BCUT2D eigenvalue weighted by atomic mass is 10.2. The Morgan fingerprint density at radius 2 is 1.63 bits per heavy atom. The maximum absolute atomic E-state index is 13.1. The van der Waals surface area contributed by atoms with Crippen LogP contribution in [-0.2, 0) is 16.2 Å². The van der Waals surface area contributed by atoms with Crippen LogP contribution < -0.4 is 5.14 Å². The predicted molar refractivity (Wildman–Crippen MR) is 93.2 cm³/mol. The number of hydrogen-bond donors (Lipinski definition) is 1. The Hall–Kier alpha value is -2.14. The molecule has 0 amide bonds. The lowest BCUT2D eigenvalue weighted by molar-refractivity contribution is -0.144. The summed E-state index contributed by atoms with van der Waals surface area (Å²) < 4.78 is 62.9. The Morgan fingerprint density at radius 1 is 1.00 bits per heavy atom. The van der Waals surface area contributed by atoms with E-state index in [4.69, 9.17) is 28.3 Å². The van der Waals surface area contributed by atoms with Gasteiger partial charge >= 0.3 is 6.18 Å². The number of primary sulfonamides is 1. The van der Waals surface area contributed by atoms with E-state index in [0.717, 1.165) is 16.8 Å². The predicted octanol–water partition coefficient (Wildman–Crippen LogP) is 3.91. The third kappa shape index (κ3) is 4.08. The van der Waals surface area contributed by atoms with Crippen LogP contribution >= 0.6 is 23.2 Å². The largest absolute Gasteiger partial charge is 0.453 e. The molecule has 0 aliphatic rings. The van der Waals surface area contributed by atoms with Crippen molar-refractivity contribution >= 4 is 33.2 Å². The van der Waals surface area contributed by atoms with Gasteiger partial charge < -0.3 is 0 Å². The Labute approximate surface area is 161 Å². The number of alkyl halides is 3. The van der Waals surface area contributed by atoms with Gasteiger partial charge in [0, 0.05) is 5.56 Å². The molecule has 27 heavy (non-hydrogen) atoms. The first kappa shape index (κ1) is 19.6. The number of nitrogens with two attached hydrogens (primary N) is 1. The highest BCUT2D eigenvalue weighted by atomic mass is 35.5. The molecular formula is C15H9Cl2F3N4O2S. The van der Waals surface area contributed by atoms with Gasteiger partial charge in [0.2, 0.25) is 10.0 Å². The summed E-state index contributed by atoms with van der Waals surface area (Å²) in [6.07, 6.45) is -4.78. The van der Waals surface area contributed by atoms with Crippen LogP contribution in [0.15, 0.2) is 47.4 Å². The van der Waals surface area contributed by atoms with Gasteiger partial charge in [0.15, 0.2) is 5.82 Å². The minimum absolute atomic E-state index is 0.127. The number of sulfonamides is 1. The SMILES string of the molecule is NS(=O)(=O)c1ccc(-n2nc(C(F)(F)F)nc2-c2ccc(Cl)c(Cl)c2)cc1. The molecule has 0 spiro atoms. The van der Waals surface area contributed by atoms with Gasteiger partial charge in [-0.1, -0.05) is 23.2 Å². The van der Waals surface area contributed by atoms with Gasteiger partial charge in [-0.3, -0.25) is 0 Å². The molecule has 3 aromatic rings. The minimum atomic E-state index is -4.78. The first-order valence-electron chi connectivity index (χ1n) is 7.10. The monoisotopic (exact) mass is 436 g/mol. The zero-order valence-corrected chi connectivity index (χ0v) is 15.4. The molecule has 1 heterocycles. The molecule has 0 saturated carbocycles. The van der Waals surface area contributed by atoms with E-state index in [0.29, 0.717) is 0 Å². The molecule has 0 unspecified atom stereocenters. The molecule has 0 aliphatic carbocycles. The molecule has 0 bridgehead atoms. The van der Waals surface area contributed by atoms with Crippen LogP contribution in [0.2, 0.25) is 10.0 Å². The van der Waals surface area contributed by atoms with Crippen LogP contribution in [0, 0.1) is 0 Å². The normalized spacial score (nSPS) is 12.4. The lowest BCUT2D eigenvalue weighted by Gasteiger charge is -2.07. The molecule has 0 atom stereocenters. The van der Waals surface area contributed by atoms with E-state index in [1.54, 1.807) is 0 Å². The van der Waals surface area contributed by atoms with Crippen LogP contribution in [0.3, 0.4) is 0 Å². The number of halogens is 5. The smallest absolute Gasteiger partial charge is 0.225 e. The summed E-state index contributed by atoms with van der Waals surface area (Å²) in [4.78, 5) is 3.36. The second kappa shape index (κ2) is 6.79. The number of benzene rings is 2. The number of aromatic nitrogens is 3. The molecule has 0 radical (unpaired) electrons. The summed E-state index contributed by atoms with van der Waals surface area (Å²) in [6.45, 7) is 0. The van der Waals surface area contributed by atoms with Crippen LogP contribution in [0.4, 0.5) is 13.2 Å². The van der Waals surface area contributed by atoms with Gasteiger partial charge in [-0.25, -0.2) is 23.2 Å². The van der Waals surface area contributed by atoms with Gasteiger partial charge in [0.25, 0.3) is 5.82 Å². The Kier molecular flexibility index (Phi) is 4.93. The van der Waals surface area contributed by atoms with Crippen molar-refractivity contribution < 1.29 is 21.6 Å². The average Bonchev–Trinajstić information content (AvgIpc) is 3.02. The van der Waals surface area contributed by atoms with Crippen molar-refractivity contribution in [3.8, 4) is 17.1 Å². The highest BCUT2D eigenvalue weighted by Crippen LogP contribution is 2.33. The van der Waals surface area contributed by atoms with Crippen LogP contribution in [0.5, 0.6) is 0 Å².